The molecule has 1 N–H and O–H groups in total. The molecule has 2 aromatic carbocycles. The number of hydrogen-bond acceptors (Lipinski definition) is 6. The van der Waals surface area contributed by atoms with Crippen molar-refractivity contribution in [2.24, 2.45) is 0 Å². The van der Waals surface area contributed by atoms with Crippen molar-refractivity contribution in [1.29, 1.82) is 0 Å². The van der Waals surface area contributed by atoms with Crippen LogP contribution in [0.15, 0.2) is 61.1 Å². The summed E-state index contributed by atoms with van der Waals surface area (Å²) in [6.45, 7) is 0. The number of aromatic nitrogens is 6. The predicted octanol–water partition coefficient (Wildman–Crippen LogP) is 2.84. The zero-order valence-corrected chi connectivity index (χ0v) is 14.3. The van der Waals surface area contributed by atoms with Crippen LogP contribution in [-0.2, 0) is 0 Å². The van der Waals surface area contributed by atoms with Crippen LogP contribution in [0.3, 0.4) is 0 Å². The Hall–Kier alpha value is -3.94. The second-order valence-electron chi connectivity index (χ2n) is 5.96. The van der Waals surface area contributed by atoms with Crippen LogP contribution in [0.1, 0.15) is 0 Å². The molecule has 0 fully saturated rings. The van der Waals surface area contributed by atoms with Crippen molar-refractivity contribution in [2.45, 2.75) is 0 Å². The highest BCUT2D eigenvalue weighted by atomic mass is 16.5. The quantitative estimate of drug-likeness (QED) is 0.533. The fraction of sp³-hybridized carbons (Fsp3) is 0.0526. The lowest BCUT2D eigenvalue weighted by molar-refractivity contribution is 0.408. The molecule has 0 atom stereocenters. The van der Waals surface area contributed by atoms with E-state index in [2.05, 4.69) is 20.2 Å². The van der Waals surface area contributed by atoms with E-state index in [9.17, 15) is 5.11 Å². The largest absolute Gasteiger partial charge is 0.507 e. The molecule has 8 heteroatoms. The molecule has 3 heterocycles. The van der Waals surface area contributed by atoms with E-state index in [1.165, 1.54) is 6.07 Å². The van der Waals surface area contributed by atoms with Gasteiger partial charge in [-0.05, 0) is 24.3 Å². The molecule has 0 aliphatic heterocycles. The number of hydrogen-bond donors (Lipinski definition) is 1. The third kappa shape index (κ3) is 2.38. The molecule has 0 amide bonds. The van der Waals surface area contributed by atoms with Crippen LogP contribution in [0.4, 0.5) is 0 Å². The maximum absolute atomic E-state index is 10.3. The number of phenols is 1. The lowest BCUT2D eigenvalue weighted by Crippen LogP contribution is -1.98. The van der Waals surface area contributed by atoms with Gasteiger partial charge in [-0.2, -0.15) is 5.10 Å². The Balaban J connectivity index is 1.68. The molecule has 132 valence electrons. The highest BCUT2D eigenvalue weighted by molar-refractivity contribution is 5.90. The van der Waals surface area contributed by atoms with Gasteiger partial charge in [0.25, 0.3) is 0 Å². The van der Waals surface area contributed by atoms with Crippen molar-refractivity contribution < 1.29 is 9.84 Å². The minimum atomic E-state index is 0.0504. The summed E-state index contributed by atoms with van der Waals surface area (Å²) in [5.41, 5.74) is 2.74. The van der Waals surface area contributed by atoms with Gasteiger partial charge in [0, 0.05) is 6.07 Å². The first kappa shape index (κ1) is 15.3. The molecule has 0 aliphatic carbocycles. The molecule has 0 bridgehead atoms. The second-order valence-corrected chi connectivity index (χ2v) is 5.96. The predicted molar refractivity (Wildman–Crippen MR) is 99.1 cm³/mol. The topological polar surface area (TPSA) is 90.4 Å². The first-order chi connectivity index (χ1) is 13.2. The summed E-state index contributed by atoms with van der Waals surface area (Å²) in [5, 5.41) is 19.9. The Labute approximate surface area is 153 Å². The molecule has 0 radical (unpaired) electrons. The summed E-state index contributed by atoms with van der Waals surface area (Å²) in [7, 11) is 1.55. The summed E-state index contributed by atoms with van der Waals surface area (Å²) >= 11 is 0. The third-order valence-corrected chi connectivity index (χ3v) is 4.35. The molecule has 0 unspecified atom stereocenters. The van der Waals surface area contributed by atoms with Gasteiger partial charge in [-0.25, -0.2) is 19.2 Å². The number of para-hydroxylation sites is 1. The van der Waals surface area contributed by atoms with Crippen LogP contribution < -0.4 is 4.74 Å². The third-order valence-electron chi connectivity index (χ3n) is 4.35. The molecule has 3 aromatic heterocycles. The SMILES string of the molecule is COc1ccc(-c2nc3c4cnn(-c5ccccc5)c4ncn3n2)c(O)c1. The zero-order valence-electron chi connectivity index (χ0n) is 14.3. The summed E-state index contributed by atoms with van der Waals surface area (Å²) in [6, 6.07) is 14.8. The summed E-state index contributed by atoms with van der Waals surface area (Å²) in [5.74, 6) is 1.01. The fourth-order valence-corrected chi connectivity index (χ4v) is 3.02. The Morgan fingerprint density at radius 3 is 2.67 bits per heavy atom. The van der Waals surface area contributed by atoms with E-state index in [-0.39, 0.29) is 5.75 Å². The Kier molecular flexibility index (Phi) is 3.29. The second kappa shape index (κ2) is 5.80. The monoisotopic (exact) mass is 358 g/mol. The van der Waals surface area contributed by atoms with E-state index in [0.29, 0.717) is 28.4 Å². The number of ether oxygens (including phenoxy) is 1. The average molecular weight is 358 g/mol. The van der Waals surface area contributed by atoms with Crippen molar-refractivity contribution in [3.05, 3.63) is 61.1 Å². The highest BCUT2D eigenvalue weighted by Gasteiger charge is 2.16. The minimum Gasteiger partial charge on any atom is -0.507 e. The molecule has 8 nitrogen and oxygen atoms in total. The smallest absolute Gasteiger partial charge is 0.185 e. The van der Waals surface area contributed by atoms with Gasteiger partial charge in [-0.15, -0.1) is 5.10 Å². The van der Waals surface area contributed by atoms with Gasteiger partial charge in [0.05, 0.1) is 29.9 Å². The molecule has 0 aliphatic rings. The van der Waals surface area contributed by atoms with Crippen molar-refractivity contribution >= 4 is 16.7 Å². The van der Waals surface area contributed by atoms with Crippen molar-refractivity contribution in [1.82, 2.24) is 29.4 Å². The summed E-state index contributed by atoms with van der Waals surface area (Å²) < 4.78 is 8.46. The van der Waals surface area contributed by atoms with Gasteiger partial charge in [-0.1, -0.05) is 18.2 Å². The molecule has 5 rings (SSSR count). The number of aromatic hydroxyl groups is 1. The lowest BCUT2D eigenvalue weighted by atomic mass is 10.2. The molecular formula is C19H14N6O2. The maximum Gasteiger partial charge on any atom is 0.185 e. The molecule has 27 heavy (non-hydrogen) atoms. The number of phenolic OH excluding ortho intramolecular Hbond substituents is 1. The van der Waals surface area contributed by atoms with Crippen molar-refractivity contribution in [2.75, 3.05) is 7.11 Å². The van der Waals surface area contributed by atoms with Gasteiger partial charge in [0.2, 0.25) is 0 Å². The van der Waals surface area contributed by atoms with Crippen LogP contribution >= 0.6 is 0 Å². The summed E-state index contributed by atoms with van der Waals surface area (Å²) in [4.78, 5) is 9.07. The van der Waals surface area contributed by atoms with Gasteiger partial charge in [-0.3, -0.25) is 0 Å². The average Bonchev–Trinajstić information content (AvgIpc) is 3.32. The van der Waals surface area contributed by atoms with Crippen molar-refractivity contribution in [3.8, 4) is 28.6 Å². The fourth-order valence-electron chi connectivity index (χ4n) is 3.02. The number of fused-ring (bicyclic) bond motifs is 3. The van der Waals surface area contributed by atoms with Crippen LogP contribution in [0.5, 0.6) is 11.5 Å². The zero-order chi connectivity index (χ0) is 18.4. The van der Waals surface area contributed by atoms with E-state index in [0.717, 1.165) is 11.1 Å². The molecular weight excluding hydrogens is 344 g/mol. The van der Waals surface area contributed by atoms with E-state index in [4.69, 9.17) is 4.74 Å². The van der Waals surface area contributed by atoms with E-state index in [1.54, 1.807) is 41.0 Å². The van der Waals surface area contributed by atoms with E-state index < -0.39 is 0 Å². The van der Waals surface area contributed by atoms with Crippen LogP contribution in [0.2, 0.25) is 0 Å². The highest BCUT2D eigenvalue weighted by Crippen LogP contribution is 2.31. The van der Waals surface area contributed by atoms with Crippen LogP contribution in [0, 0.1) is 0 Å². The first-order valence-electron chi connectivity index (χ1n) is 8.26. The normalized spacial score (nSPS) is 11.3. The van der Waals surface area contributed by atoms with E-state index in [1.807, 2.05) is 30.3 Å². The van der Waals surface area contributed by atoms with Gasteiger partial charge in [0.1, 0.15) is 17.8 Å². The molecule has 5 aromatic rings. The number of methoxy groups -OCH3 is 1. The van der Waals surface area contributed by atoms with Crippen LogP contribution in [0.25, 0.3) is 33.8 Å². The minimum absolute atomic E-state index is 0.0504. The van der Waals surface area contributed by atoms with Crippen molar-refractivity contribution in [3.63, 3.8) is 0 Å². The Morgan fingerprint density at radius 1 is 1.04 bits per heavy atom. The lowest BCUT2D eigenvalue weighted by Gasteiger charge is -2.03. The molecule has 0 spiro atoms. The number of nitrogens with zero attached hydrogens (tertiary/aromatic N) is 6. The molecule has 0 saturated heterocycles. The molecule has 0 saturated carbocycles. The Morgan fingerprint density at radius 2 is 1.89 bits per heavy atom. The standard InChI is InChI=1S/C19H14N6O2/c1-27-13-7-8-14(16(26)9-13)17-22-19-15-10-21-25(12-5-3-2-4-6-12)18(15)20-11-24(19)23-17/h2-11,26H,1H3. The Bertz CT molecular complexity index is 1280. The number of rotatable bonds is 3. The van der Waals surface area contributed by atoms with Gasteiger partial charge < -0.3 is 9.84 Å². The van der Waals surface area contributed by atoms with Gasteiger partial charge in [0.15, 0.2) is 17.1 Å². The number of benzene rings is 2. The van der Waals surface area contributed by atoms with Gasteiger partial charge >= 0.3 is 0 Å². The maximum atomic E-state index is 10.3. The van der Waals surface area contributed by atoms with E-state index >= 15 is 0 Å². The van der Waals surface area contributed by atoms with Crippen LogP contribution in [-0.4, -0.2) is 41.6 Å². The first-order valence-corrected chi connectivity index (χ1v) is 8.26. The summed E-state index contributed by atoms with van der Waals surface area (Å²) in [6.07, 6.45) is 3.31.